The minimum absolute atomic E-state index is 0.116. The summed E-state index contributed by atoms with van der Waals surface area (Å²) in [6, 6.07) is 15.8. The number of hydrogen-bond donors (Lipinski definition) is 1. The molecule has 0 saturated heterocycles. The Balaban J connectivity index is 1.62. The summed E-state index contributed by atoms with van der Waals surface area (Å²) < 4.78 is 1.04. The SMILES string of the molecule is CCC1=Nc2cc(C(=O)NCc3cccnc3)ccc2Sc2ccc(Br)cc21. The van der Waals surface area contributed by atoms with E-state index in [9.17, 15) is 4.79 Å². The molecule has 1 aromatic heterocycles. The van der Waals surface area contributed by atoms with Gasteiger partial charge < -0.3 is 5.32 Å². The number of nitrogens with zero attached hydrogens (tertiary/aromatic N) is 2. The molecule has 2 heterocycles. The summed E-state index contributed by atoms with van der Waals surface area (Å²) in [7, 11) is 0. The Morgan fingerprint density at radius 1 is 1.14 bits per heavy atom. The van der Waals surface area contributed by atoms with Gasteiger partial charge in [-0.25, -0.2) is 0 Å². The van der Waals surface area contributed by atoms with Gasteiger partial charge in [-0.15, -0.1) is 0 Å². The summed E-state index contributed by atoms with van der Waals surface area (Å²) in [5, 5.41) is 2.95. The van der Waals surface area contributed by atoms with Crippen molar-refractivity contribution in [2.75, 3.05) is 0 Å². The van der Waals surface area contributed by atoms with Crippen molar-refractivity contribution in [3.8, 4) is 0 Å². The highest BCUT2D eigenvalue weighted by Crippen LogP contribution is 2.41. The van der Waals surface area contributed by atoms with E-state index >= 15 is 0 Å². The maximum Gasteiger partial charge on any atom is 0.251 e. The van der Waals surface area contributed by atoms with E-state index in [0.717, 1.165) is 38.3 Å². The lowest BCUT2D eigenvalue weighted by Crippen LogP contribution is -2.22. The Hall–Kier alpha value is -2.44. The number of rotatable bonds is 4. The second kappa shape index (κ2) is 8.29. The molecule has 2 aromatic carbocycles. The van der Waals surface area contributed by atoms with Crippen LogP contribution in [0.1, 0.15) is 34.8 Å². The summed E-state index contributed by atoms with van der Waals surface area (Å²) in [6.45, 7) is 2.55. The first-order valence-electron chi connectivity index (χ1n) is 9.00. The van der Waals surface area contributed by atoms with Crippen LogP contribution >= 0.6 is 27.7 Å². The van der Waals surface area contributed by atoms with Crippen LogP contribution in [0.15, 0.2) is 80.2 Å². The van der Waals surface area contributed by atoms with Crippen LogP contribution in [0.5, 0.6) is 0 Å². The number of halogens is 1. The molecule has 1 aliphatic rings. The van der Waals surface area contributed by atoms with Crippen molar-refractivity contribution in [3.63, 3.8) is 0 Å². The van der Waals surface area contributed by atoms with Gasteiger partial charge in [0.2, 0.25) is 0 Å². The average molecular weight is 452 g/mol. The topological polar surface area (TPSA) is 54.4 Å². The zero-order chi connectivity index (χ0) is 19.5. The van der Waals surface area contributed by atoms with Crippen molar-refractivity contribution in [2.24, 2.45) is 4.99 Å². The summed E-state index contributed by atoms with van der Waals surface area (Å²) in [5.41, 5.74) is 4.57. The van der Waals surface area contributed by atoms with Crippen molar-refractivity contribution in [1.29, 1.82) is 0 Å². The minimum Gasteiger partial charge on any atom is -0.348 e. The van der Waals surface area contributed by atoms with E-state index < -0.39 is 0 Å². The third-order valence-electron chi connectivity index (χ3n) is 4.46. The number of aliphatic imine (C=N–C) groups is 1. The molecule has 6 heteroatoms. The largest absolute Gasteiger partial charge is 0.348 e. The van der Waals surface area contributed by atoms with E-state index in [1.165, 1.54) is 4.90 Å². The van der Waals surface area contributed by atoms with Gasteiger partial charge in [0.1, 0.15) is 0 Å². The van der Waals surface area contributed by atoms with E-state index in [2.05, 4.69) is 45.3 Å². The number of fused-ring (bicyclic) bond motifs is 2. The van der Waals surface area contributed by atoms with Crippen LogP contribution in [0.25, 0.3) is 0 Å². The Morgan fingerprint density at radius 2 is 2.00 bits per heavy atom. The fraction of sp³-hybridized carbons (Fsp3) is 0.136. The van der Waals surface area contributed by atoms with E-state index in [1.54, 1.807) is 24.2 Å². The molecule has 3 aromatic rings. The van der Waals surface area contributed by atoms with Gasteiger partial charge in [0.25, 0.3) is 5.91 Å². The monoisotopic (exact) mass is 451 g/mol. The van der Waals surface area contributed by atoms with Crippen LogP contribution in [-0.4, -0.2) is 16.6 Å². The fourth-order valence-electron chi connectivity index (χ4n) is 3.03. The maximum atomic E-state index is 12.6. The number of hydrogen-bond acceptors (Lipinski definition) is 4. The lowest BCUT2D eigenvalue weighted by atomic mass is 10.1. The van der Waals surface area contributed by atoms with E-state index in [0.29, 0.717) is 12.1 Å². The van der Waals surface area contributed by atoms with Crippen LogP contribution in [0.3, 0.4) is 0 Å². The number of carbonyl (C=O) groups excluding carboxylic acids is 1. The van der Waals surface area contributed by atoms with Gasteiger partial charge in [-0.3, -0.25) is 14.8 Å². The highest BCUT2D eigenvalue weighted by atomic mass is 79.9. The summed E-state index contributed by atoms with van der Waals surface area (Å²) in [6.07, 6.45) is 4.29. The molecule has 4 rings (SSSR count). The normalized spacial score (nSPS) is 12.4. The molecule has 0 unspecified atom stereocenters. The Morgan fingerprint density at radius 3 is 2.79 bits per heavy atom. The molecule has 28 heavy (non-hydrogen) atoms. The molecular weight excluding hydrogens is 434 g/mol. The fourth-order valence-corrected chi connectivity index (χ4v) is 4.40. The number of amides is 1. The van der Waals surface area contributed by atoms with Crippen molar-refractivity contribution < 1.29 is 4.79 Å². The van der Waals surface area contributed by atoms with Gasteiger partial charge >= 0.3 is 0 Å². The molecule has 1 N–H and O–H groups in total. The second-order valence-electron chi connectivity index (χ2n) is 6.38. The molecule has 0 radical (unpaired) electrons. The molecule has 0 bridgehead atoms. The summed E-state index contributed by atoms with van der Waals surface area (Å²) in [4.78, 5) is 23.8. The number of nitrogens with one attached hydrogen (secondary N) is 1. The lowest BCUT2D eigenvalue weighted by molar-refractivity contribution is 0.0951. The first kappa shape index (κ1) is 18.9. The standard InChI is InChI=1S/C22H18BrN3OS/c1-2-18-17-11-16(23)6-8-20(17)28-21-7-5-15(10-19(21)26-18)22(27)25-13-14-4-3-9-24-12-14/h3-12H,2,13H2,1H3,(H,25,27). The van der Waals surface area contributed by atoms with Gasteiger partial charge in [-0.05, 0) is 54.4 Å². The van der Waals surface area contributed by atoms with Crippen molar-refractivity contribution in [1.82, 2.24) is 10.3 Å². The maximum absolute atomic E-state index is 12.6. The summed E-state index contributed by atoms with van der Waals surface area (Å²) in [5.74, 6) is -0.116. The van der Waals surface area contributed by atoms with Gasteiger partial charge in [-0.2, -0.15) is 0 Å². The number of benzene rings is 2. The third kappa shape index (κ3) is 4.03. The van der Waals surface area contributed by atoms with Crippen LogP contribution in [0, 0.1) is 0 Å². The molecule has 140 valence electrons. The molecule has 4 nitrogen and oxygen atoms in total. The Bertz CT molecular complexity index is 1070. The molecule has 0 atom stereocenters. The highest BCUT2D eigenvalue weighted by Gasteiger charge is 2.18. The number of carbonyl (C=O) groups is 1. The van der Waals surface area contributed by atoms with Crippen molar-refractivity contribution in [3.05, 3.63) is 82.1 Å². The lowest BCUT2D eigenvalue weighted by Gasteiger charge is -2.08. The van der Waals surface area contributed by atoms with Gasteiger partial charge in [-0.1, -0.05) is 40.7 Å². The predicted octanol–water partition coefficient (Wildman–Crippen LogP) is 5.77. The van der Waals surface area contributed by atoms with Crippen LogP contribution in [-0.2, 0) is 6.54 Å². The van der Waals surface area contributed by atoms with E-state index in [4.69, 9.17) is 4.99 Å². The Labute approximate surface area is 176 Å². The van der Waals surface area contributed by atoms with Crippen LogP contribution in [0.2, 0.25) is 0 Å². The smallest absolute Gasteiger partial charge is 0.251 e. The quantitative estimate of drug-likeness (QED) is 0.547. The third-order valence-corrected chi connectivity index (χ3v) is 6.09. The molecule has 0 aliphatic carbocycles. The molecule has 0 spiro atoms. The number of pyridine rings is 1. The molecular formula is C22H18BrN3OS. The van der Waals surface area contributed by atoms with Crippen LogP contribution < -0.4 is 5.32 Å². The van der Waals surface area contributed by atoms with E-state index in [1.807, 2.05) is 36.4 Å². The average Bonchev–Trinajstić information content (AvgIpc) is 2.88. The predicted molar refractivity (Wildman–Crippen MR) is 117 cm³/mol. The zero-order valence-electron chi connectivity index (χ0n) is 15.3. The summed E-state index contributed by atoms with van der Waals surface area (Å²) >= 11 is 5.24. The zero-order valence-corrected chi connectivity index (χ0v) is 17.7. The van der Waals surface area contributed by atoms with Crippen molar-refractivity contribution in [2.45, 2.75) is 29.7 Å². The first-order valence-corrected chi connectivity index (χ1v) is 10.6. The first-order chi connectivity index (χ1) is 13.6. The van der Waals surface area contributed by atoms with E-state index in [-0.39, 0.29) is 5.91 Å². The molecule has 0 saturated carbocycles. The molecule has 1 amide bonds. The molecule has 1 aliphatic heterocycles. The minimum atomic E-state index is -0.116. The highest BCUT2D eigenvalue weighted by molar-refractivity contribution is 9.10. The van der Waals surface area contributed by atoms with Crippen LogP contribution in [0.4, 0.5) is 5.69 Å². The molecule has 0 fully saturated rings. The van der Waals surface area contributed by atoms with Gasteiger partial charge in [0.15, 0.2) is 0 Å². The number of aromatic nitrogens is 1. The Kier molecular flexibility index (Phi) is 5.59. The van der Waals surface area contributed by atoms with Gasteiger partial charge in [0.05, 0.1) is 5.69 Å². The second-order valence-corrected chi connectivity index (χ2v) is 8.38. The van der Waals surface area contributed by atoms with Crippen molar-refractivity contribution >= 4 is 45.0 Å². The van der Waals surface area contributed by atoms with Gasteiger partial charge in [0, 0.05) is 50.0 Å².